The molecule has 0 radical (unpaired) electrons. The topological polar surface area (TPSA) is 62.3 Å². The van der Waals surface area contributed by atoms with E-state index >= 15 is 0 Å². The lowest BCUT2D eigenvalue weighted by atomic mass is 10.2. The van der Waals surface area contributed by atoms with Gasteiger partial charge in [0.25, 0.3) is 0 Å². The maximum Gasteiger partial charge on any atom is 0.371 e. The van der Waals surface area contributed by atoms with Crippen molar-refractivity contribution >= 4 is 23.0 Å². The van der Waals surface area contributed by atoms with E-state index < -0.39 is 28.7 Å². The molecular formula is C20H18ClF2N3O2S. The molecule has 0 aliphatic rings. The Balaban J connectivity index is 2.06. The molecule has 2 aromatic carbocycles. The fourth-order valence-corrected chi connectivity index (χ4v) is 4.24. The van der Waals surface area contributed by atoms with Gasteiger partial charge in [0.1, 0.15) is 23.4 Å². The van der Waals surface area contributed by atoms with E-state index in [2.05, 4.69) is 4.99 Å². The number of benzene rings is 2. The van der Waals surface area contributed by atoms with Crippen LogP contribution in [0.5, 0.6) is 0 Å². The number of nitrogens with zero attached hydrogens (tertiary/aromatic N) is 3. The Morgan fingerprint density at radius 1 is 1.14 bits per heavy atom. The molecule has 1 heterocycles. The predicted octanol–water partition coefficient (Wildman–Crippen LogP) is 3.41. The normalized spacial score (nSPS) is 13.0. The first-order valence-corrected chi connectivity index (χ1v) is 10.1. The summed E-state index contributed by atoms with van der Waals surface area (Å²) in [6.07, 6.45) is 0.849. The highest BCUT2D eigenvalue weighted by atomic mass is 35.5. The van der Waals surface area contributed by atoms with Crippen LogP contribution in [0.2, 0.25) is 5.02 Å². The van der Waals surface area contributed by atoms with Gasteiger partial charge in [0, 0.05) is 29.3 Å². The van der Waals surface area contributed by atoms with E-state index in [-0.39, 0.29) is 17.6 Å². The number of hydrogen-bond acceptors (Lipinski definition) is 3. The van der Waals surface area contributed by atoms with Crippen LogP contribution in [0.1, 0.15) is 16.7 Å². The highest BCUT2D eigenvalue weighted by molar-refractivity contribution is 7.90. The van der Waals surface area contributed by atoms with Gasteiger partial charge in [-0.3, -0.25) is 9.56 Å². The second-order valence-corrected chi connectivity index (χ2v) is 8.23. The third-order valence-electron chi connectivity index (χ3n) is 4.42. The Hall–Kier alpha value is -2.42. The van der Waals surface area contributed by atoms with Crippen molar-refractivity contribution in [2.45, 2.75) is 25.3 Å². The zero-order valence-electron chi connectivity index (χ0n) is 15.9. The second kappa shape index (κ2) is 8.52. The van der Waals surface area contributed by atoms with Crippen molar-refractivity contribution in [1.29, 1.82) is 0 Å². The second-order valence-electron chi connectivity index (χ2n) is 6.49. The molecule has 1 unspecified atom stereocenters. The van der Waals surface area contributed by atoms with E-state index in [9.17, 15) is 18.1 Å². The summed E-state index contributed by atoms with van der Waals surface area (Å²) in [5.74, 6) is -1.32. The van der Waals surface area contributed by atoms with Gasteiger partial charge in [0.05, 0.1) is 6.54 Å². The van der Waals surface area contributed by atoms with Crippen LogP contribution in [0, 0.1) is 25.5 Å². The number of aryl methyl sites for hydroxylation is 2. The van der Waals surface area contributed by atoms with Gasteiger partial charge in [-0.15, -0.1) is 3.97 Å². The third-order valence-corrected chi connectivity index (χ3v) is 6.26. The van der Waals surface area contributed by atoms with Gasteiger partial charge in [-0.25, -0.2) is 13.6 Å². The first-order chi connectivity index (χ1) is 13.7. The highest BCUT2D eigenvalue weighted by Crippen LogP contribution is 2.24. The summed E-state index contributed by atoms with van der Waals surface area (Å²) in [7, 11) is 1.32. The van der Waals surface area contributed by atoms with Crippen molar-refractivity contribution in [3.05, 3.63) is 91.9 Å². The van der Waals surface area contributed by atoms with Crippen molar-refractivity contribution in [3.8, 4) is 0 Å². The van der Waals surface area contributed by atoms with E-state index in [0.717, 1.165) is 14.7 Å². The molecule has 0 saturated heterocycles. The molecule has 3 aromatic rings. The monoisotopic (exact) mass is 437 g/mol. The van der Waals surface area contributed by atoms with Crippen LogP contribution in [-0.4, -0.2) is 13.1 Å². The van der Waals surface area contributed by atoms with Crippen LogP contribution in [0.15, 0.2) is 57.3 Å². The zero-order chi connectivity index (χ0) is 21.3. The largest absolute Gasteiger partial charge is 0.587 e. The highest BCUT2D eigenvalue weighted by Gasteiger charge is 2.23. The molecule has 0 bridgehead atoms. The van der Waals surface area contributed by atoms with Gasteiger partial charge < -0.3 is 4.55 Å². The average Bonchev–Trinajstić information content (AvgIpc) is 2.68. The Kier molecular flexibility index (Phi) is 6.26. The first-order valence-electron chi connectivity index (χ1n) is 8.61. The number of aromatic nitrogens is 2. The van der Waals surface area contributed by atoms with Crippen molar-refractivity contribution < 1.29 is 13.3 Å². The quantitative estimate of drug-likeness (QED) is 0.587. The smallest absolute Gasteiger partial charge is 0.371 e. The molecular weight excluding hydrogens is 420 g/mol. The minimum Gasteiger partial charge on any atom is -0.587 e. The summed E-state index contributed by atoms with van der Waals surface area (Å²) >= 11 is 4.09. The van der Waals surface area contributed by atoms with Crippen LogP contribution in [0.4, 0.5) is 8.78 Å². The van der Waals surface area contributed by atoms with Gasteiger partial charge in [-0.1, -0.05) is 29.8 Å². The van der Waals surface area contributed by atoms with E-state index in [1.165, 1.54) is 25.2 Å². The SMILES string of the molecule is Cc1cc([S+]([O-])n2cc(F)/c(=N\Cc3ccccc3F)n(C)c2=O)c(C)cc1Cl. The fraction of sp³-hybridized carbons (Fsp3) is 0.200. The molecule has 0 saturated carbocycles. The lowest BCUT2D eigenvalue weighted by Crippen LogP contribution is -2.42. The molecule has 0 spiro atoms. The fourth-order valence-electron chi connectivity index (χ4n) is 2.75. The summed E-state index contributed by atoms with van der Waals surface area (Å²) in [5.41, 5.74) is 0.601. The molecule has 1 aromatic heterocycles. The molecule has 1 atom stereocenters. The van der Waals surface area contributed by atoms with Crippen molar-refractivity contribution in [1.82, 2.24) is 8.54 Å². The summed E-state index contributed by atoms with van der Waals surface area (Å²) in [6, 6.07) is 9.23. The number of hydrogen-bond donors (Lipinski definition) is 0. The molecule has 0 aliphatic carbocycles. The Morgan fingerprint density at radius 3 is 2.52 bits per heavy atom. The van der Waals surface area contributed by atoms with Crippen LogP contribution in [0.25, 0.3) is 0 Å². The predicted molar refractivity (Wildman–Crippen MR) is 108 cm³/mol. The summed E-state index contributed by atoms with van der Waals surface area (Å²) in [4.78, 5) is 17.1. The maximum atomic E-state index is 14.7. The van der Waals surface area contributed by atoms with Gasteiger partial charge in [-0.05, 0) is 31.5 Å². The van der Waals surface area contributed by atoms with Gasteiger partial charge >= 0.3 is 5.69 Å². The molecule has 0 amide bonds. The van der Waals surface area contributed by atoms with Crippen LogP contribution < -0.4 is 11.2 Å². The number of rotatable bonds is 4. The molecule has 152 valence electrons. The minimum atomic E-state index is -1.98. The van der Waals surface area contributed by atoms with Crippen molar-refractivity contribution in [2.24, 2.45) is 12.0 Å². The summed E-state index contributed by atoms with van der Waals surface area (Å²) in [6.45, 7) is 3.31. The van der Waals surface area contributed by atoms with Crippen molar-refractivity contribution in [3.63, 3.8) is 0 Å². The number of halogens is 3. The minimum absolute atomic E-state index is 0.139. The van der Waals surface area contributed by atoms with E-state index in [1.807, 2.05) is 0 Å². The maximum absolute atomic E-state index is 14.7. The zero-order valence-corrected chi connectivity index (χ0v) is 17.5. The third kappa shape index (κ3) is 4.29. The van der Waals surface area contributed by atoms with E-state index in [4.69, 9.17) is 11.6 Å². The summed E-state index contributed by atoms with van der Waals surface area (Å²) in [5, 5.41) is 0.509. The van der Waals surface area contributed by atoms with E-state index in [0.29, 0.717) is 21.0 Å². The lowest BCUT2D eigenvalue weighted by molar-refractivity contribution is 0.533. The summed E-state index contributed by atoms with van der Waals surface area (Å²) < 4.78 is 43.2. The Labute approximate surface area is 174 Å². The molecule has 0 aliphatic heterocycles. The van der Waals surface area contributed by atoms with Crippen molar-refractivity contribution in [2.75, 3.05) is 0 Å². The molecule has 29 heavy (non-hydrogen) atoms. The van der Waals surface area contributed by atoms with E-state index in [1.54, 1.807) is 32.0 Å². The van der Waals surface area contributed by atoms with Gasteiger partial charge in [0.15, 0.2) is 16.2 Å². The standard InChI is InChI=1S/C20H18ClF2N3O2S/c1-12-9-18(13(2)8-15(12)21)29(28)26-11-17(23)19(25(3)20(26)27)24-10-14-6-4-5-7-16(14)22/h4-9,11H,10H2,1-3H3/b24-19+. The molecule has 9 heteroatoms. The first kappa shape index (κ1) is 21.3. The molecule has 0 fully saturated rings. The van der Waals surface area contributed by atoms with Crippen LogP contribution in [-0.2, 0) is 25.0 Å². The lowest BCUT2D eigenvalue weighted by Gasteiger charge is -2.15. The van der Waals surface area contributed by atoms with Gasteiger partial charge in [0.2, 0.25) is 0 Å². The van der Waals surface area contributed by atoms with Gasteiger partial charge in [-0.2, -0.15) is 0 Å². The molecule has 0 N–H and O–H groups in total. The van der Waals surface area contributed by atoms with Crippen LogP contribution in [0.3, 0.4) is 0 Å². The molecule has 5 nitrogen and oxygen atoms in total. The molecule has 3 rings (SSSR count). The average molecular weight is 438 g/mol. The van der Waals surface area contributed by atoms with Crippen LogP contribution >= 0.6 is 11.6 Å². The Morgan fingerprint density at radius 2 is 1.83 bits per heavy atom. The Bertz CT molecular complexity index is 1210.